The van der Waals surface area contributed by atoms with E-state index in [4.69, 9.17) is 11.6 Å². The fourth-order valence-corrected chi connectivity index (χ4v) is 4.20. The standard InChI is InChI=1S/C24H28ClFN2O2/c25-17-22(29)28(16-15-18-9-3-1-4-10-18)23(20-13-7-8-14-21(20)26)24(30)27-19-11-5-2-6-12-19/h1,3-4,7-10,13-14,19,23H,2,5-6,11-12,15-17H2,(H,27,30). The van der Waals surface area contributed by atoms with E-state index in [-0.39, 0.29) is 35.8 Å². The van der Waals surface area contributed by atoms with Crippen LogP contribution in [0, 0.1) is 5.82 Å². The fraction of sp³-hybridized carbons (Fsp3) is 0.417. The van der Waals surface area contributed by atoms with Gasteiger partial charge in [0.2, 0.25) is 11.8 Å². The molecule has 1 aliphatic carbocycles. The summed E-state index contributed by atoms with van der Waals surface area (Å²) in [6, 6.07) is 14.8. The van der Waals surface area contributed by atoms with Crippen LogP contribution in [-0.2, 0) is 16.0 Å². The second kappa shape index (κ2) is 11.1. The lowest BCUT2D eigenvalue weighted by Gasteiger charge is -2.33. The number of hydrogen-bond donors (Lipinski definition) is 1. The first kappa shape index (κ1) is 22.3. The van der Waals surface area contributed by atoms with Gasteiger partial charge in [-0.3, -0.25) is 9.59 Å². The van der Waals surface area contributed by atoms with Crippen molar-refractivity contribution in [2.45, 2.75) is 50.6 Å². The quantitative estimate of drug-likeness (QED) is 0.621. The molecule has 30 heavy (non-hydrogen) atoms. The summed E-state index contributed by atoms with van der Waals surface area (Å²) in [4.78, 5) is 27.5. The number of benzene rings is 2. The molecule has 0 bridgehead atoms. The molecule has 0 spiro atoms. The number of carbonyl (C=O) groups excluding carboxylic acids is 2. The van der Waals surface area contributed by atoms with Crippen LogP contribution in [0.4, 0.5) is 4.39 Å². The van der Waals surface area contributed by atoms with Crippen molar-refractivity contribution in [3.05, 3.63) is 71.5 Å². The maximum atomic E-state index is 14.7. The lowest BCUT2D eigenvalue weighted by atomic mass is 9.94. The maximum Gasteiger partial charge on any atom is 0.247 e. The van der Waals surface area contributed by atoms with Crippen LogP contribution in [0.5, 0.6) is 0 Å². The first-order valence-electron chi connectivity index (χ1n) is 10.5. The minimum absolute atomic E-state index is 0.0580. The summed E-state index contributed by atoms with van der Waals surface area (Å²) in [5.41, 5.74) is 1.22. The highest BCUT2D eigenvalue weighted by atomic mass is 35.5. The molecule has 2 amide bonds. The third kappa shape index (κ3) is 5.82. The number of nitrogens with one attached hydrogen (secondary N) is 1. The summed E-state index contributed by atoms with van der Waals surface area (Å²) in [7, 11) is 0. The molecule has 0 heterocycles. The van der Waals surface area contributed by atoms with Gasteiger partial charge in [0, 0.05) is 18.2 Å². The first-order chi connectivity index (χ1) is 14.6. The molecule has 6 heteroatoms. The summed E-state index contributed by atoms with van der Waals surface area (Å²) in [5.74, 6) is -1.51. The molecule has 0 radical (unpaired) electrons. The molecular formula is C24H28ClFN2O2. The molecule has 1 fully saturated rings. The SMILES string of the molecule is O=C(NC1CCCCC1)C(c1ccccc1F)N(CCc1ccccc1)C(=O)CCl. The van der Waals surface area contributed by atoms with E-state index < -0.39 is 11.9 Å². The summed E-state index contributed by atoms with van der Waals surface area (Å²) in [5, 5.41) is 3.06. The number of alkyl halides is 1. The molecule has 4 nitrogen and oxygen atoms in total. The topological polar surface area (TPSA) is 49.4 Å². The van der Waals surface area contributed by atoms with E-state index in [9.17, 15) is 14.0 Å². The van der Waals surface area contributed by atoms with Gasteiger partial charge < -0.3 is 10.2 Å². The van der Waals surface area contributed by atoms with Crippen LogP contribution in [0.15, 0.2) is 54.6 Å². The zero-order chi connectivity index (χ0) is 21.3. The van der Waals surface area contributed by atoms with E-state index in [0.29, 0.717) is 6.42 Å². The predicted molar refractivity (Wildman–Crippen MR) is 117 cm³/mol. The van der Waals surface area contributed by atoms with Gasteiger partial charge in [0.05, 0.1) is 0 Å². The Bertz CT molecular complexity index is 840. The van der Waals surface area contributed by atoms with Crippen molar-refractivity contribution < 1.29 is 14.0 Å². The van der Waals surface area contributed by atoms with Gasteiger partial charge in [-0.1, -0.05) is 67.8 Å². The highest BCUT2D eigenvalue weighted by Crippen LogP contribution is 2.26. The maximum absolute atomic E-state index is 14.7. The number of halogens is 2. The van der Waals surface area contributed by atoms with Crippen molar-refractivity contribution in [3.8, 4) is 0 Å². The molecule has 2 aromatic rings. The molecule has 1 saturated carbocycles. The van der Waals surface area contributed by atoms with Gasteiger partial charge in [0.25, 0.3) is 0 Å². The molecule has 2 aromatic carbocycles. The van der Waals surface area contributed by atoms with E-state index in [2.05, 4.69) is 5.32 Å². The molecular weight excluding hydrogens is 403 g/mol. The van der Waals surface area contributed by atoms with Crippen molar-refractivity contribution in [3.63, 3.8) is 0 Å². The van der Waals surface area contributed by atoms with Crippen molar-refractivity contribution in [1.29, 1.82) is 0 Å². The zero-order valence-corrected chi connectivity index (χ0v) is 17.8. The Morgan fingerprint density at radius 1 is 1.03 bits per heavy atom. The highest BCUT2D eigenvalue weighted by Gasteiger charge is 2.34. The Morgan fingerprint density at radius 3 is 2.37 bits per heavy atom. The summed E-state index contributed by atoms with van der Waals surface area (Å²) in [6.07, 6.45) is 5.65. The number of nitrogens with zero attached hydrogens (tertiary/aromatic N) is 1. The predicted octanol–water partition coefficient (Wildman–Crippen LogP) is 4.63. The van der Waals surface area contributed by atoms with E-state index in [1.807, 2.05) is 30.3 Å². The molecule has 0 aliphatic heterocycles. The average Bonchev–Trinajstić information content (AvgIpc) is 2.78. The summed E-state index contributed by atoms with van der Waals surface area (Å²) >= 11 is 5.88. The van der Waals surface area contributed by atoms with Crippen molar-refractivity contribution in [1.82, 2.24) is 10.2 Å². The van der Waals surface area contributed by atoms with Gasteiger partial charge in [-0.2, -0.15) is 0 Å². The molecule has 160 valence electrons. The highest BCUT2D eigenvalue weighted by molar-refractivity contribution is 6.27. The van der Waals surface area contributed by atoms with Crippen LogP contribution in [0.3, 0.4) is 0 Å². The summed E-state index contributed by atoms with van der Waals surface area (Å²) < 4.78 is 14.7. The molecule has 1 unspecified atom stereocenters. The third-order valence-electron chi connectivity index (χ3n) is 5.63. The normalized spacial score (nSPS) is 15.4. The van der Waals surface area contributed by atoms with Gasteiger partial charge >= 0.3 is 0 Å². The lowest BCUT2D eigenvalue weighted by Crippen LogP contribution is -2.48. The molecule has 1 atom stereocenters. The Balaban J connectivity index is 1.88. The van der Waals surface area contributed by atoms with Crippen molar-refractivity contribution in [2.75, 3.05) is 12.4 Å². The minimum atomic E-state index is -1.05. The molecule has 0 saturated heterocycles. The number of hydrogen-bond acceptors (Lipinski definition) is 2. The Hall–Kier alpha value is -2.40. The van der Waals surface area contributed by atoms with Gasteiger partial charge in [-0.25, -0.2) is 4.39 Å². The summed E-state index contributed by atoms with van der Waals surface area (Å²) in [6.45, 7) is 0.270. The number of rotatable bonds is 8. The smallest absolute Gasteiger partial charge is 0.247 e. The molecule has 1 N–H and O–H groups in total. The van der Waals surface area contributed by atoms with Crippen molar-refractivity contribution >= 4 is 23.4 Å². The average molecular weight is 431 g/mol. The second-order valence-electron chi connectivity index (χ2n) is 7.72. The van der Waals surface area contributed by atoms with Gasteiger partial charge in [-0.05, 0) is 30.9 Å². The minimum Gasteiger partial charge on any atom is -0.351 e. The monoisotopic (exact) mass is 430 g/mol. The number of carbonyl (C=O) groups is 2. The largest absolute Gasteiger partial charge is 0.351 e. The van der Waals surface area contributed by atoms with Crippen LogP contribution < -0.4 is 5.32 Å². The van der Waals surface area contributed by atoms with Gasteiger partial charge in [0.1, 0.15) is 17.7 Å². The van der Waals surface area contributed by atoms with Crippen LogP contribution in [-0.4, -0.2) is 35.2 Å². The van der Waals surface area contributed by atoms with E-state index >= 15 is 0 Å². The third-order valence-corrected chi connectivity index (χ3v) is 5.86. The van der Waals surface area contributed by atoms with Crippen LogP contribution >= 0.6 is 11.6 Å². The van der Waals surface area contributed by atoms with E-state index in [0.717, 1.165) is 37.7 Å². The first-order valence-corrected chi connectivity index (χ1v) is 11.1. The van der Waals surface area contributed by atoms with Crippen molar-refractivity contribution in [2.24, 2.45) is 0 Å². The van der Waals surface area contributed by atoms with Crippen LogP contribution in [0.2, 0.25) is 0 Å². The lowest BCUT2D eigenvalue weighted by molar-refractivity contribution is -0.139. The fourth-order valence-electron chi connectivity index (χ4n) is 4.04. The van der Waals surface area contributed by atoms with Crippen LogP contribution in [0.25, 0.3) is 0 Å². The Labute approximate surface area is 182 Å². The zero-order valence-electron chi connectivity index (χ0n) is 17.0. The van der Waals surface area contributed by atoms with E-state index in [1.54, 1.807) is 18.2 Å². The van der Waals surface area contributed by atoms with Gasteiger partial charge in [-0.15, -0.1) is 11.6 Å². The molecule has 1 aliphatic rings. The Kier molecular flexibility index (Phi) is 8.26. The molecule has 0 aromatic heterocycles. The van der Waals surface area contributed by atoms with E-state index in [1.165, 1.54) is 11.0 Å². The second-order valence-corrected chi connectivity index (χ2v) is 7.99. The van der Waals surface area contributed by atoms with Gasteiger partial charge in [0.15, 0.2) is 0 Å². The Morgan fingerprint density at radius 2 is 1.70 bits per heavy atom. The molecule has 3 rings (SSSR count). The number of amides is 2. The van der Waals surface area contributed by atoms with Crippen LogP contribution in [0.1, 0.15) is 49.3 Å².